The van der Waals surface area contributed by atoms with Crippen molar-refractivity contribution >= 4 is 24.7 Å². The summed E-state index contributed by atoms with van der Waals surface area (Å²) in [6.07, 6.45) is 0.993. The fraction of sp³-hybridized carbons (Fsp3) is 0.500. The van der Waals surface area contributed by atoms with Crippen LogP contribution in [-0.2, 0) is 9.59 Å². The quantitative estimate of drug-likeness (QED) is 0.408. The molecule has 0 aromatic heterocycles. The summed E-state index contributed by atoms with van der Waals surface area (Å²) in [5.74, 6) is 0.197. The number of rotatable bonds is 5. The lowest BCUT2D eigenvalue weighted by molar-refractivity contribution is -0.114. The van der Waals surface area contributed by atoms with Gasteiger partial charge in [-0.05, 0) is 12.0 Å². The van der Waals surface area contributed by atoms with Gasteiger partial charge in [0.15, 0.2) is 0 Å². The maximum absolute atomic E-state index is 9.94. The third-order valence-electron chi connectivity index (χ3n) is 0.700. The first-order valence-corrected chi connectivity index (χ1v) is 3.20. The standard InChI is InChI=1S/C4H7NO3S/c6-1-4(2-9-8)5-3-7/h1,3-4,8H,2H2,(H,5,7). The Labute approximate surface area is 56.8 Å². The molecule has 2 N–H and O–H groups in total. The average molecular weight is 149 g/mol. The molecule has 0 bridgehead atoms. The lowest BCUT2D eigenvalue weighted by Gasteiger charge is -2.02. The maximum atomic E-state index is 9.94. The predicted octanol–water partition coefficient (Wildman–Crippen LogP) is -0.494. The molecule has 0 fully saturated rings. The third-order valence-corrected chi connectivity index (χ3v) is 1.21. The van der Waals surface area contributed by atoms with Gasteiger partial charge < -0.3 is 14.7 Å². The van der Waals surface area contributed by atoms with Crippen LogP contribution < -0.4 is 5.32 Å². The molecule has 4 nitrogen and oxygen atoms in total. The summed E-state index contributed by atoms with van der Waals surface area (Å²) >= 11 is 0.522. The number of nitrogens with one attached hydrogen (secondary N) is 1. The molecule has 0 aliphatic carbocycles. The van der Waals surface area contributed by atoms with Gasteiger partial charge in [-0.1, -0.05) is 0 Å². The van der Waals surface area contributed by atoms with Gasteiger partial charge in [-0.25, -0.2) is 0 Å². The fourth-order valence-corrected chi connectivity index (χ4v) is 0.630. The number of carbonyl (C=O) groups excluding carboxylic acids is 2. The molecule has 0 spiro atoms. The number of aldehydes is 1. The highest BCUT2D eigenvalue weighted by atomic mass is 32.2. The number of hydrogen-bond donors (Lipinski definition) is 2. The van der Waals surface area contributed by atoms with Gasteiger partial charge in [0.2, 0.25) is 6.41 Å². The van der Waals surface area contributed by atoms with E-state index in [-0.39, 0.29) is 5.75 Å². The SMILES string of the molecule is O=CNC(C=O)CSO. The van der Waals surface area contributed by atoms with E-state index in [1.165, 1.54) is 0 Å². The van der Waals surface area contributed by atoms with Crippen LogP contribution in [0.2, 0.25) is 0 Å². The highest BCUT2D eigenvalue weighted by molar-refractivity contribution is 7.93. The van der Waals surface area contributed by atoms with Crippen LogP contribution in [0.4, 0.5) is 0 Å². The molecule has 0 saturated carbocycles. The molecule has 9 heavy (non-hydrogen) atoms. The van der Waals surface area contributed by atoms with Crippen LogP contribution in [0.15, 0.2) is 0 Å². The molecule has 0 aliphatic rings. The first kappa shape index (κ1) is 8.45. The summed E-state index contributed by atoms with van der Waals surface area (Å²) in [5.41, 5.74) is 0. The Hall–Kier alpha value is -0.550. The molecule has 1 unspecified atom stereocenters. The Morgan fingerprint density at radius 2 is 2.33 bits per heavy atom. The minimum atomic E-state index is -0.572. The Morgan fingerprint density at radius 1 is 1.67 bits per heavy atom. The molecule has 0 radical (unpaired) electrons. The van der Waals surface area contributed by atoms with Crippen molar-refractivity contribution in [1.29, 1.82) is 0 Å². The lowest BCUT2D eigenvalue weighted by Crippen LogP contribution is -2.31. The molecular formula is C4H7NO3S. The van der Waals surface area contributed by atoms with Crippen LogP contribution in [0.1, 0.15) is 0 Å². The lowest BCUT2D eigenvalue weighted by atomic mass is 10.4. The van der Waals surface area contributed by atoms with Crippen molar-refractivity contribution in [3.05, 3.63) is 0 Å². The summed E-state index contributed by atoms with van der Waals surface area (Å²) in [7, 11) is 0. The molecule has 1 atom stereocenters. The zero-order valence-corrected chi connectivity index (χ0v) is 5.43. The third kappa shape index (κ3) is 3.99. The molecule has 0 aromatic carbocycles. The Bertz CT molecular complexity index is 97.8. The van der Waals surface area contributed by atoms with Crippen molar-refractivity contribution in [2.24, 2.45) is 0 Å². The van der Waals surface area contributed by atoms with E-state index in [0.717, 1.165) is 0 Å². The Balaban J connectivity index is 3.40. The van der Waals surface area contributed by atoms with E-state index in [1.807, 2.05) is 0 Å². The second kappa shape index (κ2) is 5.58. The molecule has 0 aliphatic heterocycles. The van der Waals surface area contributed by atoms with Crippen molar-refractivity contribution in [1.82, 2.24) is 5.32 Å². The summed E-state index contributed by atoms with van der Waals surface area (Å²) in [6, 6.07) is -0.572. The number of carbonyl (C=O) groups is 2. The summed E-state index contributed by atoms with van der Waals surface area (Å²) in [6.45, 7) is 0. The van der Waals surface area contributed by atoms with Gasteiger partial charge in [-0.3, -0.25) is 4.79 Å². The van der Waals surface area contributed by atoms with Crippen molar-refractivity contribution in [2.75, 3.05) is 5.75 Å². The monoisotopic (exact) mass is 149 g/mol. The topological polar surface area (TPSA) is 66.4 Å². The minimum absolute atomic E-state index is 0.197. The molecule has 0 aromatic rings. The predicted molar refractivity (Wildman–Crippen MR) is 34.1 cm³/mol. The van der Waals surface area contributed by atoms with Crippen LogP contribution in [-0.4, -0.2) is 29.0 Å². The van der Waals surface area contributed by atoms with Crippen LogP contribution >= 0.6 is 12.0 Å². The van der Waals surface area contributed by atoms with Crippen molar-refractivity contribution in [3.63, 3.8) is 0 Å². The van der Waals surface area contributed by atoms with Crippen LogP contribution in [0.3, 0.4) is 0 Å². The van der Waals surface area contributed by atoms with Gasteiger partial charge in [0.05, 0.1) is 6.04 Å². The Kier molecular flexibility index (Phi) is 5.24. The maximum Gasteiger partial charge on any atom is 0.207 e. The smallest absolute Gasteiger partial charge is 0.207 e. The van der Waals surface area contributed by atoms with Gasteiger partial charge >= 0.3 is 0 Å². The molecule has 1 amide bonds. The normalized spacial score (nSPS) is 12.1. The van der Waals surface area contributed by atoms with Gasteiger partial charge in [0, 0.05) is 5.75 Å². The van der Waals surface area contributed by atoms with Gasteiger partial charge in [0.25, 0.3) is 0 Å². The highest BCUT2D eigenvalue weighted by Crippen LogP contribution is 1.92. The molecule has 0 saturated heterocycles. The zero-order valence-electron chi connectivity index (χ0n) is 4.61. The second-order valence-electron chi connectivity index (χ2n) is 1.32. The van der Waals surface area contributed by atoms with E-state index in [9.17, 15) is 9.59 Å². The summed E-state index contributed by atoms with van der Waals surface area (Å²) in [4.78, 5) is 19.6. The van der Waals surface area contributed by atoms with E-state index < -0.39 is 6.04 Å². The van der Waals surface area contributed by atoms with Crippen LogP contribution in [0, 0.1) is 0 Å². The molecule has 0 rings (SSSR count). The first-order valence-electron chi connectivity index (χ1n) is 2.26. The van der Waals surface area contributed by atoms with Crippen molar-refractivity contribution in [2.45, 2.75) is 6.04 Å². The molecular weight excluding hydrogens is 142 g/mol. The van der Waals surface area contributed by atoms with E-state index >= 15 is 0 Å². The minimum Gasteiger partial charge on any atom is -0.348 e. The fourth-order valence-electron chi connectivity index (χ4n) is 0.294. The van der Waals surface area contributed by atoms with E-state index in [4.69, 9.17) is 4.55 Å². The highest BCUT2D eigenvalue weighted by Gasteiger charge is 2.02. The zero-order chi connectivity index (χ0) is 7.11. The second-order valence-corrected chi connectivity index (χ2v) is 1.91. The summed E-state index contributed by atoms with van der Waals surface area (Å²) in [5, 5.41) is 2.20. The first-order chi connectivity index (χ1) is 4.35. The number of hydrogen-bond acceptors (Lipinski definition) is 4. The Morgan fingerprint density at radius 3 is 2.67 bits per heavy atom. The molecule has 52 valence electrons. The van der Waals surface area contributed by atoms with Gasteiger partial charge in [-0.15, -0.1) is 0 Å². The van der Waals surface area contributed by atoms with E-state index in [2.05, 4.69) is 5.32 Å². The van der Waals surface area contributed by atoms with E-state index in [1.54, 1.807) is 0 Å². The van der Waals surface area contributed by atoms with Crippen LogP contribution in [0.5, 0.6) is 0 Å². The van der Waals surface area contributed by atoms with Crippen molar-refractivity contribution in [3.8, 4) is 0 Å². The molecule has 0 heterocycles. The summed E-state index contributed by atoms with van der Waals surface area (Å²) < 4.78 is 8.20. The molecule has 5 heteroatoms. The van der Waals surface area contributed by atoms with E-state index in [0.29, 0.717) is 24.7 Å². The van der Waals surface area contributed by atoms with Gasteiger partial charge in [0.1, 0.15) is 6.29 Å². The largest absolute Gasteiger partial charge is 0.348 e. The number of amides is 1. The van der Waals surface area contributed by atoms with Gasteiger partial charge in [-0.2, -0.15) is 0 Å². The van der Waals surface area contributed by atoms with Crippen LogP contribution in [0.25, 0.3) is 0 Å². The van der Waals surface area contributed by atoms with Crippen molar-refractivity contribution < 1.29 is 14.1 Å². The average Bonchev–Trinajstić information content (AvgIpc) is 1.88.